The lowest BCUT2D eigenvalue weighted by molar-refractivity contribution is -0.139. The average Bonchev–Trinajstić information content (AvgIpc) is 2.71. The van der Waals surface area contributed by atoms with Crippen molar-refractivity contribution in [3.05, 3.63) is 87.1 Å². The predicted octanol–water partition coefficient (Wildman–Crippen LogP) is 3.16. The van der Waals surface area contributed by atoms with E-state index >= 15 is 0 Å². The van der Waals surface area contributed by atoms with Gasteiger partial charge in [0.15, 0.2) is 0 Å². The first-order chi connectivity index (χ1) is 13.6. The molecular weight excluding hydrogens is 424 g/mol. The van der Waals surface area contributed by atoms with Gasteiger partial charge in [-0.3, -0.25) is 14.2 Å². The third kappa shape index (κ3) is 3.96. The largest absolute Gasteiger partial charge is 0.456 e. The normalized spacial score (nSPS) is 11.3. The topological polar surface area (TPSA) is 86.5 Å². The first-order valence-corrected chi connectivity index (χ1v) is 9.12. The summed E-state index contributed by atoms with van der Waals surface area (Å²) in [6.45, 7) is -0.103. The SMILES string of the molecule is O=C(/C=C/c1cnc2ccccc2n1)OCc1cc(=O)n2cc(Br)ccc2n1. The summed E-state index contributed by atoms with van der Waals surface area (Å²) in [6.07, 6.45) is 6.01. The Labute approximate surface area is 167 Å². The number of halogens is 1. The van der Waals surface area contributed by atoms with E-state index < -0.39 is 5.97 Å². The Morgan fingerprint density at radius 2 is 1.96 bits per heavy atom. The Bertz CT molecular complexity index is 1280. The van der Waals surface area contributed by atoms with E-state index in [1.54, 1.807) is 24.5 Å². The van der Waals surface area contributed by atoms with Crippen LogP contribution in [0.25, 0.3) is 22.8 Å². The molecule has 4 aromatic rings. The molecule has 8 heteroatoms. The number of esters is 1. The number of para-hydroxylation sites is 2. The van der Waals surface area contributed by atoms with Gasteiger partial charge in [0.2, 0.25) is 0 Å². The summed E-state index contributed by atoms with van der Waals surface area (Å²) in [5.41, 5.74) is 2.67. The van der Waals surface area contributed by atoms with Crippen molar-refractivity contribution < 1.29 is 9.53 Å². The van der Waals surface area contributed by atoms with Crippen LogP contribution in [-0.4, -0.2) is 25.3 Å². The number of fused-ring (bicyclic) bond motifs is 2. The Morgan fingerprint density at radius 3 is 2.82 bits per heavy atom. The second-order valence-electron chi connectivity index (χ2n) is 5.89. The molecule has 0 amide bonds. The van der Waals surface area contributed by atoms with Gasteiger partial charge >= 0.3 is 5.97 Å². The second-order valence-corrected chi connectivity index (χ2v) is 6.80. The highest BCUT2D eigenvalue weighted by atomic mass is 79.9. The van der Waals surface area contributed by atoms with Crippen molar-refractivity contribution in [2.24, 2.45) is 0 Å². The highest BCUT2D eigenvalue weighted by molar-refractivity contribution is 9.10. The first-order valence-electron chi connectivity index (χ1n) is 8.33. The number of carbonyl (C=O) groups is 1. The van der Waals surface area contributed by atoms with Crippen molar-refractivity contribution >= 4 is 44.7 Å². The zero-order valence-corrected chi connectivity index (χ0v) is 16.0. The standard InChI is InChI=1S/C20H13BrN4O3/c21-13-5-7-18-24-15(9-19(26)25(18)11-13)12-28-20(27)8-6-14-10-22-16-3-1-2-4-17(16)23-14/h1-11H,12H2/b8-6+. The molecule has 0 spiro atoms. The van der Waals surface area contributed by atoms with Crippen molar-refractivity contribution in [1.29, 1.82) is 0 Å². The molecule has 0 saturated carbocycles. The number of hydrogen-bond acceptors (Lipinski definition) is 6. The number of benzene rings is 1. The first kappa shape index (κ1) is 18.0. The molecule has 28 heavy (non-hydrogen) atoms. The summed E-state index contributed by atoms with van der Waals surface area (Å²) < 4.78 is 7.35. The van der Waals surface area contributed by atoms with Gasteiger partial charge in [-0.25, -0.2) is 14.8 Å². The average molecular weight is 437 g/mol. The molecule has 3 heterocycles. The van der Waals surface area contributed by atoms with E-state index in [0.29, 0.717) is 17.0 Å². The summed E-state index contributed by atoms with van der Waals surface area (Å²) in [7, 11) is 0. The van der Waals surface area contributed by atoms with Gasteiger partial charge in [0, 0.05) is 22.8 Å². The van der Waals surface area contributed by atoms with E-state index in [4.69, 9.17) is 4.74 Å². The molecule has 0 saturated heterocycles. The van der Waals surface area contributed by atoms with Gasteiger partial charge in [0.1, 0.15) is 12.3 Å². The van der Waals surface area contributed by atoms with E-state index in [9.17, 15) is 9.59 Å². The van der Waals surface area contributed by atoms with Crippen LogP contribution < -0.4 is 5.56 Å². The second kappa shape index (κ2) is 7.69. The van der Waals surface area contributed by atoms with Crippen molar-refractivity contribution in [2.75, 3.05) is 0 Å². The van der Waals surface area contributed by atoms with Crippen LogP contribution in [0.2, 0.25) is 0 Å². The molecule has 7 nitrogen and oxygen atoms in total. The molecule has 4 rings (SSSR count). The molecule has 1 aromatic carbocycles. The summed E-state index contributed by atoms with van der Waals surface area (Å²) in [5, 5.41) is 0. The van der Waals surface area contributed by atoms with E-state index in [0.717, 1.165) is 15.5 Å². The summed E-state index contributed by atoms with van der Waals surface area (Å²) in [6, 6.07) is 12.3. The molecular formula is C20H13BrN4O3. The fourth-order valence-corrected chi connectivity index (χ4v) is 2.94. The fourth-order valence-electron chi connectivity index (χ4n) is 2.60. The Balaban J connectivity index is 1.45. The van der Waals surface area contributed by atoms with Crippen LogP contribution in [0, 0.1) is 0 Å². The Kier molecular flexibility index (Phi) is 4.94. The van der Waals surface area contributed by atoms with Gasteiger partial charge in [-0.2, -0.15) is 0 Å². The predicted molar refractivity (Wildman–Crippen MR) is 108 cm³/mol. The molecule has 3 aromatic heterocycles. The summed E-state index contributed by atoms with van der Waals surface area (Å²) in [5.74, 6) is -0.562. The lowest BCUT2D eigenvalue weighted by Crippen LogP contribution is -2.16. The number of carbonyl (C=O) groups excluding carboxylic acids is 1. The van der Waals surface area contributed by atoms with Gasteiger partial charge in [0.25, 0.3) is 5.56 Å². The minimum absolute atomic E-state index is 0.103. The molecule has 0 atom stereocenters. The molecule has 0 N–H and O–H groups in total. The molecule has 138 valence electrons. The van der Waals surface area contributed by atoms with Crippen molar-refractivity contribution in [1.82, 2.24) is 19.4 Å². The maximum Gasteiger partial charge on any atom is 0.331 e. The molecule has 0 fully saturated rings. The molecule has 0 unspecified atom stereocenters. The Morgan fingerprint density at radius 1 is 1.14 bits per heavy atom. The van der Waals surface area contributed by atoms with E-state index in [2.05, 4.69) is 30.9 Å². The van der Waals surface area contributed by atoms with E-state index in [1.165, 1.54) is 22.6 Å². The highest BCUT2D eigenvalue weighted by Crippen LogP contribution is 2.11. The molecule has 0 aliphatic rings. The molecule has 0 radical (unpaired) electrons. The van der Waals surface area contributed by atoms with Crippen LogP contribution in [0.5, 0.6) is 0 Å². The number of ether oxygens (including phenoxy) is 1. The zero-order valence-electron chi connectivity index (χ0n) is 14.4. The zero-order chi connectivity index (χ0) is 19.5. The number of pyridine rings is 1. The third-order valence-electron chi connectivity index (χ3n) is 3.90. The fraction of sp³-hybridized carbons (Fsp3) is 0.0500. The minimum atomic E-state index is -0.562. The lowest BCUT2D eigenvalue weighted by atomic mass is 10.3. The highest BCUT2D eigenvalue weighted by Gasteiger charge is 2.06. The smallest absolute Gasteiger partial charge is 0.331 e. The monoisotopic (exact) mass is 436 g/mol. The van der Waals surface area contributed by atoms with Crippen molar-refractivity contribution in [3.63, 3.8) is 0 Å². The molecule has 0 bridgehead atoms. The van der Waals surface area contributed by atoms with E-state index in [1.807, 2.05) is 24.3 Å². The quantitative estimate of drug-likeness (QED) is 0.360. The summed E-state index contributed by atoms with van der Waals surface area (Å²) >= 11 is 3.31. The van der Waals surface area contributed by atoms with Gasteiger partial charge < -0.3 is 4.74 Å². The lowest BCUT2D eigenvalue weighted by Gasteiger charge is -2.05. The number of rotatable bonds is 4. The maximum absolute atomic E-state index is 12.1. The molecule has 0 aliphatic carbocycles. The van der Waals surface area contributed by atoms with Crippen LogP contribution in [0.1, 0.15) is 11.4 Å². The minimum Gasteiger partial charge on any atom is -0.456 e. The third-order valence-corrected chi connectivity index (χ3v) is 4.37. The van der Waals surface area contributed by atoms with Crippen LogP contribution in [0.4, 0.5) is 0 Å². The van der Waals surface area contributed by atoms with Crippen molar-refractivity contribution in [3.8, 4) is 0 Å². The summed E-state index contributed by atoms with van der Waals surface area (Å²) in [4.78, 5) is 37.1. The van der Waals surface area contributed by atoms with Crippen LogP contribution in [0.15, 0.2) is 70.2 Å². The van der Waals surface area contributed by atoms with Crippen molar-refractivity contribution in [2.45, 2.75) is 6.61 Å². The number of nitrogens with zero attached hydrogens (tertiary/aromatic N) is 4. The van der Waals surface area contributed by atoms with Gasteiger partial charge in [-0.1, -0.05) is 12.1 Å². The van der Waals surface area contributed by atoms with Crippen LogP contribution in [-0.2, 0) is 16.1 Å². The Hall–Kier alpha value is -3.39. The van der Waals surface area contributed by atoms with Gasteiger partial charge in [-0.15, -0.1) is 0 Å². The van der Waals surface area contributed by atoms with Gasteiger partial charge in [0.05, 0.1) is 28.6 Å². The number of aromatic nitrogens is 4. The van der Waals surface area contributed by atoms with Crippen LogP contribution >= 0.6 is 15.9 Å². The molecule has 0 aliphatic heterocycles. The number of hydrogen-bond donors (Lipinski definition) is 0. The van der Waals surface area contributed by atoms with Gasteiger partial charge in [-0.05, 0) is 46.3 Å². The maximum atomic E-state index is 12.1. The van der Waals surface area contributed by atoms with Crippen LogP contribution in [0.3, 0.4) is 0 Å². The van der Waals surface area contributed by atoms with E-state index in [-0.39, 0.29) is 12.2 Å².